The number of hydrogen-bond acceptors (Lipinski definition) is 4. The number of rotatable bonds is 2. The van der Waals surface area contributed by atoms with Gasteiger partial charge in [-0.25, -0.2) is 14.5 Å². The predicted molar refractivity (Wildman–Crippen MR) is 84.1 cm³/mol. The van der Waals surface area contributed by atoms with Crippen LogP contribution in [0.3, 0.4) is 0 Å². The number of hydrogen-bond donors (Lipinski definition) is 0. The van der Waals surface area contributed by atoms with E-state index in [2.05, 4.69) is 53.4 Å². The van der Waals surface area contributed by atoms with Gasteiger partial charge in [0.05, 0.1) is 16.4 Å². The van der Waals surface area contributed by atoms with Crippen molar-refractivity contribution in [1.29, 1.82) is 0 Å². The molecule has 0 saturated carbocycles. The zero-order valence-corrected chi connectivity index (χ0v) is 14.0. The second-order valence-corrected chi connectivity index (χ2v) is 6.43. The number of halogens is 1. The Kier molecular flexibility index (Phi) is 4.12. The van der Waals surface area contributed by atoms with Crippen molar-refractivity contribution < 1.29 is 9.53 Å². The molecule has 2 rings (SSSR count). The normalized spacial score (nSPS) is 11.4. The number of carbonyl (C=O) groups is 1. The fraction of sp³-hybridized carbons (Fsp3) is 0.357. The molecule has 0 aliphatic carbocycles. The second kappa shape index (κ2) is 5.51. The molecule has 2 aromatic heterocycles. The molecule has 0 aliphatic rings. The molecule has 106 valence electrons. The molecule has 0 radical (unpaired) electrons. The Morgan fingerprint density at radius 3 is 2.55 bits per heavy atom. The molecule has 0 aliphatic heterocycles. The first-order valence-electron chi connectivity index (χ1n) is 6.15. The number of carbonyl (C=O) groups excluding carboxylic acids is 1. The predicted octanol–water partition coefficient (Wildman–Crippen LogP) is 2.96. The Morgan fingerprint density at radius 1 is 1.35 bits per heavy atom. The summed E-state index contributed by atoms with van der Waals surface area (Å²) in [6.45, 7) is 6.23. The summed E-state index contributed by atoms with van der Waals surface area (Å²) in [6, 6.07) is 5.59. The van der Waals surface area contributed by atoms with E-state index in [9.17, 15) is 4.79 Å². The van der Waals surface area contributed by atoms with Gasteiger partial charge in [0.25, 0.3) is 0 Å². The molecule has 5 nitrogen and oxygen atoms in total. The van der Waals surface area contributed by atoms with E-state index in [1.54, 1.807) is 10.9 Å². The van der Waals surface area contributed by atoms with Crippen LogP contribution < -0.4 is 0 Å². The molecular weight excluding hydrogens is 369 g/mol. The highest BCUT2D eigenvalue weighted by Crippen LogP contribution is 2.31. The fourth-order valence-electron chi connectivity index (χ4n) is 1.92. The van der Waals surface area contributed by atoms with E-state index in [4.69, 9.17) is 4.74 Å². The van der Waals surface area contributed by atoms with Crippen molar-refractivity contribution in [2.24, 2.45) is 0 Å². The first-order valence-corrected chi connectivity index (χ1v) is 7.23. The van der Waals surface area contributed by atoms with Gasteiger partial charge in [-0.1, -0.05) is 26.8 Å². The van der Waals surface area contributed by atoms with Gasteiger partial charge in [0.15, 0.2) is 11.5 Å². The Labute approximate surface area is 131 Å². The topological polar surface area (TPSA) is 57.0 Å². The number of methoxy groups -OCH3 is 1. The SMILES string of the molecule is COC(=O)c1nn(-c2ccccn2)c(C(C)(C)C)c1I. The van der Waals surface area contributed by atoms with Crippen LogP contribution in [0, 0.1) is 3.57 Å². The summed E-state index contributed by atoms with van der Waals surface area (Å²) >= 11 is 2.14. The van der Waals surface area contributed by atoms with Crippen LogP contribution in [0.4, 0.5) is 0 Å². The van der Waals surface area contributed by atoms with E-state index in [0.717, 1.165) is 9.26 Å². The minimum atomic E-state index is -0.436. The van der Waals surface area contributed by atoms with Crippen LogP contribution in [0.15, 0.2) is 24.4 Å². The third-order valence-electron chi connectivity index (χ3n) is 2.78. The third kappa shape index (κ3) is 2.70. The van der Waals surface area contributed by atoms with Gasteiger partial charge in [-0.15, -0.1) is 0 Å². The standard InChI is InChI=1S/C14H16IN3O2/c1-14(2,3)12-10(15)11(13(19)20-4)17-18(12)9-7-5-6-8-16-9/h5-8H,1-4H3. The average Bonchev–Trinajstić information content (AvgIpc) is 2.76. The molecule has 0 spiro atoms. The van der Waals surface area contributed by atoms with Gasteiger partial charge in [-0.05, 0) is 34.7 Å². The lowest BCUT2D eigenvalue weighted by Crippen LogP contribution is -2.19. The van der Waals surface area contributed by atoms with Crippen LogP contribution in [0.25, 0.3) is 5.82 Å². The molecule has 0 N–H and O–H groups in total. The van der Waals surface area contributed by atoms with Gasteiger partial charge in [0.1, 0.15) is 0 Å². The number of nitrogens with zero attached hydrogens (tertiary/aromatic N) is 3. The molecule has 0 saturated heterocycles. The van der Waals surface area contributed by atoms with Crippen molar-refractivity contribution in [3.8, 4) is 5.82 Å². The van der Waals surface area contributed by atoms with Crippen LogP contribution in [0.1, 0.15) is 37.0 Å². The molecule has 6 heteroatoms. The summed E-state index contributed by atoms with van der Waals surface area (Å²) in [5, 5.41) is 4.39. The summed E-state index contributed by atoms with van der Waals surface area (Å²) < 4.78 is 7.31. The van der Waals surface area contributed by atoms with Gasteiger partial charge in [-0.3, -0.25) is 0 Å². The maximum Gasteiger partial charge on any atom is 0.359 e. The van der Waals surface area contributed by atoms with E-state index >= 15 is 0 Å². The van der Waals surface area contributed by atoms with Crippen LogP contribution in [0.5, 0.6) is 0 Å². The molecular formula is C14H16IN3O2. The van der Waals surface area contributed by atoms with Crippen molar-refractivity contribution in [3.05, 3.63) is 39.4 Å². The third-order valence-corrected chi connectivity index (χ3v) is 3.80. The Bertz CT molecular complexity index is 630. The molecule has 2 heterocycles. The van der Waals surface area contributed by atoms with Crippen molar-refractivity contribution in [2.75, 3.05) is 7.11 Å². The summed E-state index contributed by atoms with van der Waals surface area (Å²) in [5.41, 5.74) is 1.09. The van der Waals surface area contributed by atoms with Gasteiger partial charge < -0.3 is 4.74 Å². The molecule has 0 bridgehead atoms. The molecule has 0 amide bonds. The molecule has 0 unspecified atom stereocenters. The summed E-state index contributed by atoms with van der Waals surface area (Å²) in [4.78, 5) is 16.1. The van der Waals surface area contributed by atoms with E-state index in [0.29, 0.717) is 11.5 Å². The van der Waals surface area contributed by atoms with Crippen molar-refractivity contribution in [3.63, 3.8) is 0 Å². The minimum absolute atomic E-state index is 0.173. The molecule has 0 fully saturated rings. The van der Waals surface area contributed by atoms with Gasteiger partial charge in [0, 0.05) is 11.6 Å². The van der Waals surface area contributed by atoms with E-state index in [-0.39, 0.29) is 5.41 Å². The Hall–Kier alpha value is -1.44. The lowest BCUT2D eigenvalue weighted by atomic mass is 9.92. The van der Waals surface area contributed by atoms with Crippen LogP contribution in [-0.2, 0) is 10.2 Å². The summed E-state index contributed by atoms with van der Waals surface area (Å²) in [7, 11) is 1.36. The van der Waals surface area contributed by atoms with Gasteiger partial charge in [0.2, 0.25) is 0 Å². The fourth-order valence-corrected chi connectivity index (χ4v) is 3.28. The van der Waals surface area contributed by atoms with Crippen molar-refractivity contribution >= 4 is 28.6 Å². The quantitative estimate of drug-likeness (QED) is 0.589. The highest BCUT2D eigenvalue weighted by atomic mass is 127. The maximum absolute atomic E-state index is 11.8. The highest BCUT2D eigenvalue weighted by molar-refractivity contribution is 14.1. The van der Waals surface area contributed by atoms with Gasteiger partial charge in [-0.2, -0.15) is 5.10 Å². The van der Waals surface area contributed by atoms with E-state index in [1.807, 2.05) is 18.2 Å². The lowest BCUT2D eigenvalue weighted by molar-refractivity contribution is 0.0592. The van der Waals surface area contributed by atoms with Crippen LogP contribution >= 0.6 is 22.6 Å². The molecule has 2 aromatic rings. The first kappa shape index (κ1) is 15.0. The van der Waals surface area contributed by atoms with Gasteiger partial charge >= 0.3 is 5.97 Å². The zero-order valence-electron chi connectivity index (χ0n) is 11.8. The minimum Gasteiger partial charge on any atom is -0.464 e. The monoisotopic (exact) mass is 385 g/mol. The van der Waals surface area contributed by atoms with E-state index in [1.165, 1.54) is 7.11 Å². The zero-order chi connectivity index (χ0) is 14.9. The molecule has 20 heavy (non-hydrogen) atoms. The number of ether oxygens (including phenoxy) is 1. The molecule has 0 aromatic carbocycles. The summed E-state index contributed by atoms with van der Waals surface area (Å²) in [6.07, 6.45) is 1.70. The Balaban J connectivity index is 2.71. The second-order valence-electron chi connectivity index (χ2n) is 5.35. The van der Waals surface area contributed by atoms with Crippen LogP contribution in [0.2, 0.25) is 0 Å². The number of esters is 1. The highest BCUT2D eigenvalue weighted by Gasteiger charge is 2.30. The lowest BCUT2D eigenvalue weighted by Gasteiger charge is -2.20. The Morgan fingerprint density at radius 2 is 2.05 bits per heavy atom. The van der Waals surface area contributed by atoms with Crippen molar-refractivity contribution in [2.45, 2.75) is 26.2 Å². The summed E-state index contributed by atoms with van der Waals surface area (Å²) in [5.74, 6) is 0.250. The van der Waals surface area contributed by atoms with Crippen molar-refractivity contribution in [1.82, 2.24) is 14.8 Å². The largest absolute Gasteiger partial charge is 0.464 e. The van der Waals surface area contributed by atoms with E-state index < -0.39 is 5.97 Å². The number of pyridine rings is 1. The molecule has 0 atom stereocenters. The van der Waals surface area contributed by atoms with Crippen LogP contribution in [-0.4, -0.2) is 27.8 Å². The first-order chi connectivity index (χ1) is 9.36. The maximum atomic E-state index is 11.8. The smallest absolute Gasteiger partial charge is 0.359 e. The average molecular weight is 385 g/mol. The number of aromatic nitrogens is 3.